The van der Waals surface area contributed by atoms with Gasteiger partial charge < -0.3 is 0 Å². The van der Waals surface area contributed by atoms with Crippen LogP contribution in [0.3, 0.4) is 0 Å². The van der Waals surface area contributed by atoms with Crippen molar-refractivity contribution in [3.63, 3.8) is 0 Å². The second-order valence-electron chi connectivity index (χ2n) is 2.90. The third-order valence-electron chi connectivity index (χ3n) is 2.19. The molecule has 0 heterocycles. The lowest BCUT2D eigenvalue weighted by atomic mass is 10.1. The van der Waals surface area contributed by atoms with E-state index in [2.05, 4.69) is 37.4 Å². The first kappa shape index (κ1) is 7.56. The number of thiol groups is 2. The molecule has 0 aliphatic heterocycles. The van der Waals surface area contributed by atoms with Crippen LogP contribution < -0.4 is 0 Å². The van der Waals surface area contributed by atoms with Gasteiger partial charge in [0, 0.05) is 10.1 Å². The summed E-state index contributed by atoms with van der Waals surface area (Å²) < 4.78 is 0. The molecule has 1 aliphatic rings. The van der Waals surface area contributed by atoms with Crippen LogP contribution in [0.15, 0.2) is 23.1 Å². The lowest BCUT2D eigenvalue weighted by Crippen LogP contribution is -1.85. The molecule has 0 fully saturated rings. The van der Waals surface area contributed by atoms with Crippen LogP contribution in [0, 0.1) is 0 Å². The Kier molecular flexibility index (Phi) is 1.90. The first-order chi connectivity index (χ1) is 5.29. The third-order valence-corrected chi connectivity index (χ3v) is 3.10. The summed E-state index contributed by atoms with van der Waals surface area (Å²) in [6, 6.07) is 6.27. The molecule has 0 radical (unpaired) electrons. The van der Waals surface area contributed by atoms with Crippen LogP contribution in [0.25, 0.3) is 0 Å². The van der Waals surface area contributed by atoms with E-state index >= 15 is 0 Å². The smallest absolute Gasteiger partial charge is 0.0284 e. The number of fused-ring (bicyclic) bond motifs is 1. The van der Waals surface area contributed by atoms with E-state index in [1.165, 1.54) is 11.1 Å². The Morgan fingerprint density at radius 1 is 1.36 bits per heavy atom. The molecular weight excluding hydrogens is 172 g/mol. The van der Waals surface area contributed by atoms with E-state index in [4.69, 9.17) is 0 Å². The van der Waals surface area contributed by atoms with E-state index in [1.54, 1.807) is 0 Å². The topological polar surface area (TPSA) is 0 Å². The molecule has 1 aromatic rings. The Balaban J connectivity index is 2.58. The van der Waals surface area contributed by atoms with E-state index in [9.17, 15) is 0 Å². The van der Waals surface area contributed by atoms with Crippen LogP contribution >= 0.6 is 25.3 Å². The number of rotatable bonds is 0. The minimum absolute atomic E-state index is 0.415. The molecule has 0 N–H and O–H groups in total. The fraction of sp³-hybridized carbons (Fsp3) is 0.333. The number of hydrogen-bond donors (Lipinski definition) is 2. The predicted octanol–water partition coefficient (Wildman–Crippen LogP) is 2.89. The summed E-state index contributed by atoms with van der Waals surface area (Å²) in [7, 11) is 0. The maximum Gasteiger partial charge on any atom is 0.0284 e. The highest BCUT2D eigenvalue weighted by Gasteiger charge is 2.20. The molecule has 0 aromatic heterocycles. The summed E-state index contributed by atoms with van der Waals surface area (Å²) in [6.45, 7) is 0. The molecule has 11 heavy (non-hydrogen) atoms. The van der Waals surface area contributed by atoms with Gasteiger partial charge in [-0.2, -0.15) is 12.6 Å². The molecule has 0 amide bonds. The molecule has 0 saturated heterocycles. The quantitative estimate of drug-likeness (QED) is 0.566. The minimum atomic E-state index is 0.415. The Morgan fingerprint density at radius 3 is 2.91 bits per heavy atom. The van der Waals surface area contributed by atoms with Gasteiger partial charge in [0.2, 0.25) is 0 Å². The maximum absolute atomic E-state index is 4.49. The molecule has 1 unspecified atom stereocenters. The Bertz CT molecular complexity index is 281. The summed E-state index contributed by atoms with van der Waals surface area (Å²) in [4.78, 5) is 1.10. The zero-order valence-corrected chi connectivity index (χ0v) is 7.91. The second-order valence-corrected chi connectivity index (χ2v) is 4.01. The van der Waals surface area contributed by atoms with Crippen molar-refractivity contribution in [2.75, 3.05) is 0 Å². The highest BCUT2D eigenvalue weighted by molar-refractivity contribution is 7.81. The molecule has 0 saturated carbocycles. The van der Waals surface area contributed by atoms with Crippen molar-refractivity contribution in [2.45, 2.75) is 23.0 Å². The number of benzene rings is 1. The zero-order chi connectivity index (χ0) is 7.84. The van der Waals surface area contributed by atoms with E-state index < -0.39 is 0 Å². The van der Waals surface area contributed by atoms with Crippen molar-refractivity contribution in [3.8, 4) is 0 Å². The summed E-state index contributed by atoms with van der Waals surface area (Å²) >= 11 is 8.89. The fourth-order valence-electron chi connectivity index (χ4n) is 1.64. The van der Waals surface area contributed by atoms with Crippen molar-refractivity contribution in [1.82, 2.24) is 0 Å². The van der Waals surface area contributed by atoms with E-state index in [1.807, 2.05) is 6.07 Å². The Hall–Kier alpha value is -0.0800. The van der Waals surface area contributed by atoms with Crippen LogP contribution in [0.4, 0.5) is 0 Å². The van der Waals surface area contributed by atoms with Crippen LogP contribution in [0.1, 0.15) is 22.8 Å². The molecular formula is C9H10S2. The number of hydrogen-bond acceptors (Lipinski definition) is 2. The Labute approximate surface area is 77.8 Å². The summed E-state index contributed by atoms with van der Waals surface area (Å²) in [6.07, 6.45) is 2.33. The number of aryl methyl sites for hydroxylation is 1. The SMILES string of the molecule is Sc1cccc2c1C(S)CC2. The van der Waals surface area contributed by atoms with Gasteiger partial charge in [-0.1, -0.05) is 12.1 Å². The molecule has 2 heteroatoms. The molecule has 2 rings (SSSR count). The van der Waals surface area contributed by atoms with Gasteiger partial charge in [-0.25, -0.2) is 0 Å². The van der Waals surface area contributed by atoms with Gasteiger partial charge in [-0.05, 0) is 30.0 Å². The van der Waals surface area contributed by atoms with Gasteiger partial charge in [-0.15, -0.1) is 12.6 Å². The average molecular weight is 182 g/mol. The zero-order valence-electron chi connectivity index (χ0n) is 6.12. The van der Waals surface area contributed by atoms with Gasteiger partial charge in [0.25, 0.3) is 0 Å². The van der Waals surface area contributed by atoms with Crippen LogP contribution in [0.2, 0.25) is 0 Å². The fourth-order valence-corrected chi connectivity index (χ4v) is 2.56. The largest absolute Gasteiger partial charge is 0.171 e. The van der Waals surface area contributed by atoms with E-state index in [0.29, 0.717) is 5.25 Å². The summed E-state index contributed by atoms with van der Waals surface area (Å²) in [5, 5.41) is 0.415. The molecule has 0 bridgehead atoms. The van der Waals surface area contributed by atoms with Crippen molar-refractivity contribution >= 4 is 25.3 Å². The van der Waals surface area contributed by atoms with Crippen LogP contribution in [-0.4, -0.2) is 0 Å². The molecule has 1 aliphatic carbocycles. The highest BCUT2D eigenvalue weighted by Crippen LogP contribution is 2.38. The van der Waals surface area contributed by atoms with Gasteiger partial charge >= 0.3 is 0 Å². The first-order valence-electron chi connectivity index (χ1n) is 3.78. The maximum atomic E-state index is 4.49. The van der Waals surface area contributed by atoms with E-state index in [-0.39, 0.29) is 0 Å². The van der Waals surface area contributed by atoms with Crippen molar-refractivity contribution < 1.29 is 0 Å². The second kappa shape index (κ2) is 2.76. The molecule has 1 atom stereocenters. The average Bonchev–Trinajstić information content (AvgIpc) is 2.34. The normalized spacial score (nSPS) is 21.8. The third kappa shape index (κ3) is 1.18. The lowest BCUT2D eigenvalue weighted by Gasteiger charge is -2.05. The molecule has 0 spiro atoms. The predicted molar refractivity (Wildman–Crippen MR) is 53.7 cm³/mol. The Morgan fingerprint density at radius 2 is 2.18 bits per heavy atom. The first-order valence-corrected chi connectivity index (χ1v) is 4.74. The molecule has 0 nitrogen and oxygen atoms in total. The lowest BCUT2D eigenvalue weighted by molar-refractivity contribution is 0.890. The van der Waals surface area contributed by atoms with Crippen LogP contribution in [-0.2, 0) is 6.42 Å². The van der Waals surface area contributed by atoms with Gasteiger partial charge in [0.05, 0.1) is 0 Å². The monoisotopic (exact) mass is 182 g/mol. The summed E-state index contributed by atoms with van der Waals surface area (Å²) in [5.41, 5.74) is 2.77. The van der Waals surface area contributed by atoms with Crippen molar-refractivity contribution in [1.29, 1.82) is 0 Å². The van der Waals surface area contributed by atoms with Crippen molar-refractivity contribution in [2.24, 2.45) is 0 Å². The van der Waals surface area contributed by atoms with Gasteiger partial charge in [0.15, 0.2) is 0 Å². The molecule has 1 aromatic carbocycles. The van der Waals surface area contributed by atoms with Gasteiger partial charge in [0.1, 0.15) is 0 Å². The minimum Gasteiger partial charge on any atom is -0.171 e. The van der Waals surface area contributed by atoms with Crippen LogP contribution in [0.5, 0.6) is 0 Å². The standard InChI is InChI=1S/C9H10S2/c10-7-3-1-2-6-4-5-8(11)9(6)7/h1-3,8,10-11H,4-5H2. The summed E-state index contributed by atoms with van der Waals surface area (Å²) in [5.74, 6) is 0. The highest BCUT2D eigenvalue weighted by atomic mass is 32.1. The van der Waals surface area contributed by atoms with E-state index in [0.717, 1.165) is 17.7 Å². The molecule has 58 valence electrons. The van der Waals surface area contributed by atoms with Gasteiger partial charge in [-0.3, -0.25) is 0 Å². The van der Waals surface area contributed by atoms with Crippen molar-refractivity contribution in [3.05, 3.63) is 29.3 Å².